The molecule has 8 heteroatoms. The van der Waals surface area contributed by atoms with Gasteiger partial charge >= 0.3 is 0 Å². The number of hydrazone groups is 1. The number of nitriles is 1. The second-order valence-corrected chi connectivity index (χ2v) is 4.23. The van der Waals surface area contributed by atoms with Gasteiger partial charge in [-0.1, -0.05) is 0 Å². The van der Waals surface area contributed by atoms with Gasteiger partial charge in [0.15, 0.2) is 11.7 Å². The van der Waals surface area contributed by atoms with Gasteiger partial charge in [0.25, 0.3) is 0 Å². The van der Waals surface area contributed by atoms with Crippen LogP contribution in [-0.4, -0.2) is 21.3 Å². The molecule has 2 rings (SSSR count). The van der Waals surface area contributed by atoms with Crippen molar-refractivity contribution in [2.24, 2.45) is 10.8 Å². The van der Waals surface area contributed by atoms with Gasteiger partial charge in [0.1, 0.15) is 11.8 Å². The number of benzene rings is 1. The molecule has 0 fully saturated rings. The Labute approximate surface area is 120 Å². The lowest BCUT2D eigenvalue weighted by Crippen LogP contribution is -2.21. The molecule has 1 aromatic carbocycles. The van der Waals surface area contributed by atoms with Crippen molar-refractivity contribution in [1.82, 2.24) is 9.78 Å². The topological polar surface area (TPSA) is 116 Å². The number of anilines is 1. The Morgan fingerprint density at radius 1 is 1.57 bits per heavy atom. The summed E-state index contributed by atoms with van der Waals surface area (Å²) in [5.74, 6) is -0.964. The van der Waals surface area contributed by atoms with Crippen LogP contribution in [0.25, 0.3) is 5.69 Å². The zero-order valence-corrected chi connectivity index (χ0v) is 11.1. The van der Waals surface area contributed by atoms with E-state index in [1.807, 2.05) is 6.92 Å². The van der Waals surface area contributed by atoms with Gasteiger partial charge in [0.2, 0.25) is 5.71 Å². The third-order valence-electron chi connectivity index (χ3n) is 2.56. The average Bonchev–Trinajstić information content (AvgIpc) is 2.85. The lowest BCUT2D eigenvalue weighted by Gasteiger charge is -2.06. The largest absolute Gasteiger partial charge is 0.382 e. The van der Waals surface area contributed by atoms with Crippen LogP contribution in [0.2, 0.25) is 0 Å². The van der Waals surface area contributed by atoms with Crippen LogP contribution < -0.4 is 11.2 Å². The van der Waals surface area contributed by atoms with Crippen molar-refractivity contribution < 1.29 is 4.39 Å². The van der Waals surface area contributed by atoms with Crippen molar-refractivity contribution in [3.8, 4) is 11.8 Å². The van der Waals surface area contributed by atoms with E-state index >= 15 is 0 Å². The molecule has 0 saturated heterocycles. The van der Waals surface area contributed by atoms with Gasteiger partial charge in [-0.05, 0) is 24.6 Å². The lowest BCUT2D eigenvalue weighted by molar-refractivity contribution is 0.611. The number of halogens is 1. The minimum absolute atomic E-state index is 0.276. The van der Waals surface area contributed by atoms with Gasteiger partial charge in [-0.15, -0.1) is 0 Å². The number of rotatable bonds is 4. The highest BCUT2D eigenvalue weighted by atomic mass is 19.1. The van der Waals surface area contributed by atoms with Crippen LogP contribution in [0, 0.1) is 29.5 Å². The average molecular weight is 285 g/mol. The molecule has 106 valence electrons. The highest BCUT2D eigenvalue weighted by Crippen LogP contribution is 2.18. The second kappa shape index (κ2) is 5.83. The van der Waals surface area contributed by atoms with E-state index in [1.54, 1.807) is 24.5 Å². The highest BCUT2D eigenvalue weighted by Gasteiger charge is 2.07. The fourth-order valence-corrected chi connectivity index (χ4v) is 1.57. The molecule has 0 amide bonds. The van der Waals surface area contributed by atoms with Crippen LogP contribution in [0.4, 0.5) is 10.1 Å². The number of hydrogen-bond acceptors (Lipinski definition) is 5. The van der Waals surface area contributed by atoms with Crippen LogP contribution in [-0.2, 0) is 0 Å². The van der Waals surface area contributed by atoms with Crippen LogP contribution >= 0.6 is 0 Å². The molecule has 2 aromatic rings. The Bertz CT molecular complexity index is 754. The van der Waals surface area contributed by atoms with Crippen LogP contribution in [0.3, 0.4) is 0 Å². The molecule has 1 heterocycles. The molecule has 4 N–H and O–H groups in total. The molecule has 0 aliphatic carbocycles. The molecular weight excluding hydrogens is 273 g/mol. The van der Waals surface area contributed by atoms with Crippen LogP contribution in [0.5, 0.6) is 0 Å². The maximum Gasteiger partial charge on any atom is 0.201 e. The molecule has 0 bridgehead atoms. The predicted octanol–water partition coefficient (Wildman–Crippen LogP) is 1.55. The van der Waals surface area contributed by atoms with E-state index in [0.717, 1.165) is 5.56 Å². The number of aryl methyl sites for hydroxylation is 1. The zero-order chi connectivity index (χ0) is 15.4. The molecule has 1 aromatic heterocycles. The van der Waals surface area contributed by atoms with Gasteiger partial charge < -0.3 is 5.73 Å². The Hall–Kier alpha value is -3.21. The number of amidine groups is 1. The minimum Gasteiger partial charge on any atom is -0.382 e. The highest BCUT2D eigenvalue weighted by molar-refractivity contribution is 6.45. The molecule has 0 unspecified atom stereocenters. The standard InChI is InChI=1S/C13H12FN7/c1-8-6-18-21(7-8)12-3-2-9(4-10(12)14)19-20-11(5-15)13(16)17/h2-4,6-7,19H,1H3,(H3,16,17)/b20-11+. The molecule has 21 heavy (non-hydrogen) atoms. The Balaban J connectivity index is 2.24. The van der Waals surface area contributed by atoms with Gasteiger partial charge in [0.05, 0.1) is 11.9 Å². The molecule has 0 spiro atoms. The van der Waals surface area contributed by atoms with Crippen molar-refractivity contribution >= 4 is 17.2 Å². The first-order valence-electron chi connectivity index (χ1n) is 5.90. The summed E-state index contributed by atoms with van der Waals surface area (Å²) >= 11 is 0. The van der Waals surface area contributed by atoms with Crippen molar-refractivity contribution in [2.45, 2.75) is 6.92 Å². The van der Waals surface area contributed by atoms with E-state index in [9.17, 15) is 4.39 Å². The van der Waals surface area contributed by atoms with Gasteiger partial charge in [0, 0.05) is 12.3 Å². The number of hydrogen-bond donors (Lipinski definition) is 3. The fraction of sp³-hybridized carbons (Fsp3) is 0.0769. The molecule has 0 aliphatic heterocycles. The molecule has 0 atom stereocenters. The van der Waals surface area contributed by atoms with E-state index in [1.165, 1.54) is 16.8 Å². The summed E-state index contributed by atoms with van der Waals surface area (Å²) in [5, 5.41) is 23.5. The van der Waals surface area contributed by atoms with Gasteiger partial charge in [-0.25, -0.2) is 9.07 Å². The predicted molar refractivity (Wildman–Crippen MR) is 76.8 cm³/mol. The molecule has 7 nitrogen and oxygen atoms in total. The first-order valence-corrected chi connectivity index (χ1v) is 5.90. The summed E-state index contributed by atoms with van der Waals surface area (Å²) in [4.78, 5) is 0. The van der Waals surface area contributed by atoms with E-state index in [0.29, 0.717) is 11.4 Å². The molecular formula is C13H12FN7. The summed E-state index contributed by atoms with van der Waals surface area (Å²) < 4.78 is 15.5. The third kappa shape index (κ3) is 3.22. The number of nitrogens with two attached hydrogens (primary N) is 1. The summed E-state index contributed by atoms with van der Waals surface area (Å²) in [7, 11) is 0. The van der Waals surface area contributed by atoms with E-state index in [2.05, 4.69) is 15.6 Å². The number of nitrogens with one attached hydrogen (secondary N) is 2. The Morgan fingerprint density at radius 3 is 2.86 bits per heavy atom. The maximum atomic E-state index is 14.0. The Morgan fingerprint density at radius 2 is 2.33 bits per heavy atom. The third-order valence-corrected chi connectivity index (χ3v) is 2.56. The zero-order valence-electron chi connectivity index (χ0n) is 11.1. The summed E-state index contributed by atoms with van der Waals surface area (Å²) in [6.45, 7) is 1.86. The van der Waals surface area contributed by atoms with E-state index < -0.39 is 11.7 Å². The smallest absolute Gasteiger partial charge is 0.201 e. The fourth-order valence-electron chi connectivity index (χ4n) is 1.57. The summed E-state index contributed by atoms with van der Waals surface area (Å²) in [5.41, 5.74) is 8.89. The molecule has 0 aliphatic rings. The maximum absolute atomic E-state index is 14.0. The quantitative estimate of drug-likeness (QED) is 0.449. The second-order valence-electron chi connectivity index (χ2n) is 4.23. The first-order chi connectivity index (χ1) is 10.0. The molecule has 0 radical (unpaired) electrons. The summed E-state index contributed by atoms with van der Waals surface area (Å²) in [6, 6.07) is 5.97. The minimum atomic E-state index is -0.500. The normalized spacial score (nSPS) is 11.0. The summed E-state index contributed by atoms with van der Waals surface area (Å²) in [6.07, 6.45) is 3.33. The van der Waals surface area contributed by atoms with Crippen molar-refractivity contribution in [1.29, 1.82) is 10.7 Å². The van der Waals surface area contributed by atoms with E-state index in [4.69, 9.17) is 16.4 Å². The SMILES string of the molecule is Cc1cnn(-c2ccc(N/N=C(\C#N)C(=N)N)cc2F)c1. The van der Waals surface area contributed by atoms with Gasteiger partial charge in [-0.2, -0.15) is 15.5 Å². The van der Waals surface area contributed by atoms with Crippen molar-refractivity contribution in [3.63, 3.8) is 0 Å². The van der Waals surface area contributed by atoms with Crippen molar-refractivity contribution in [2.75, 3.05) is 5.43 Å². The van der Waals surface area contributed by atoms with E-state index in [-0.39, 0.29) is 5.71 Å². The number of aromatic nitrogens is 2. The first kappa shape index (κ1) is 14.2. The van der Waals surface area contributed by atoms with Gasteiger partial charge in [-0.3, -0.25) is 10.8 Å². The lowest BCUT2D eigenvalue weighted by atomic mass is 10.2. The number of nitrogens with zero attached hydrogens (tertiary/aromatic N) is 4. The monoisotopic (exact) mass is 285 g/mol. The van der Waals surface area contributed by atoms with Crippen LogP contribution in [0.1, 0.15) is 5.56 Å². The Kier molecular flexibility index (Phi) is 3.95. The van der Waals surface area contributed by atoms with Crippen LogP contribution in [0.15, 0.2) is 35.7 Å². The molecule has 0 saturated carbocycles. The van der Waals surface area contributed by atoms with Crippen molar-refractivity contribution in [3.05, 3.63) is 42.0 Å².